The molecule has 0 fully saturated rings. The molecule has 0 aliphatic rings. The largest absolute Gasteiger partial charge is 1.00 e. The zero-order valence-electron chi connectivity index (χ0n) is 19.9. The fraction of sp³-hybridized carbons (Fsp3) is 0. The van der Waals surface area contributed by atoms with Crippen LogP contribution in [0.15, 0.2) is 117 Å². The fourth-order valence-electron chi connectivity index (χ4n) is 3.26. The maximum atomic E-state index is 12.1. The van der Waals surface area contributed by atoms with E-state index < -0.39 is 22.2 Å². The van der Waals surface area contributed by atoms with E-state index in [1.807, 2.05) is 66.7 Å². The van der Waals surface area contributed by atoms with E-state index in [2.05, 4.69) is 0 Å². The fourth-order valence-corrected chi connectivity index (χ4v) is 8.67. The smallest absolute Gasteiger partial charge is 0.768 e. The van der Waals surface area contributed by atoms with Crippen molar-refractivity contribution in [1.29, 1.82) is 0 Å². The van der Waals surface area contributed by atoms with Gasteiger partial charge in [-0.25, -0.2) is 0 Å². The van der Waals surface area contributed by atoms with Crippen molar-refractivity contribution in [2.75, 3.05) is 0 Å². The first kappa shape index (κ1) is 37.1. The second kappa shape index (κ2) is 18.4. The number of hydrogen-bond acceptors (Lipinski definition) is 7. The molecule has 2 atom stereocenters. The van der Waals surface area contributed by atoms with E-state index in [9.17, 15) is 17.5 Å². The maximum Gasteiger partial charge on any atom is 1.00 e. The first-order valence-electron chi connectivity index (χ1n) is 9.62. The van der Waals surface area contributed by atoms with Gasteiger partial charge in [0.1, 0.15) is 0 Å². The maximum absolute atomic E-state index is 12.1. The Bertz CT molecular complexity index is 1330. The molecule has 4 aromatic rings. The van der Waals surface area contributed by atoms with Crippen molar-refractivity contribution in [3.8, 4) is 22.3 Å². The van der Waals surface area contributed by atoms with E-state index in [0.29, 0.717) is 16.0 Å². The third-order valence-corrected chi connectivity index (χ3v) is 10.2. The standard InChI is InChI=1S/C24H18O4S5.2Na.2H2O/c25-32(26)23-15-5-4-12-20(23)18-10-6-11-19(16-18)29-31-30-22-14-7-13-21(24(22)33(27)28)17-8-2-1-3-9-17;;;;/h1-16H,(H,25,26)(H,27,28);;;2*1H2/q;2*+1;;/p-2. The number of rotatable bonds is 8. The third kappa shape index (κ3) is 9.89. The SMILES string of the molecule is O.O.O=S([O-])c1ccccc1-c1cccc(SSSc2cccc(-c3ccccc3)c2S(=O)[O-])c1.[Na+].[Na+]. The molecule has 0 saturated heterocycles. The Morgan fingerprint density at radius 2 is 1.19 bits per heavy atom. The minimum atomic E-state index is -2.39. The van der Waals surface area contributed by atoms with Gasteiger partial charge in [-0.1, -0.05) is 72.8 Å². The summed E-state index contributed by atoms with van der Waals surface area (Å²) in [4.78, 5) is 2.12. The molecule has 4 aromatic carbocycles. The van der Waals surface area contributed by atoms with Crippen LogP contribution in [0.1, 0.15) is 0 Å². The van der Waals surface area contributed by atoms with Gasteiger partial charge < -0.3 is 20.1 Å². The molecule has 0 radical (unpaired) electrons. The van der Waals surface area contributed by atoms with Crippen molar-refractivity contribution in [1.82, 2.24) is 0 Å². The van der Waals surface area contributed by atoms with Gasteiger partial charge in [-0.2, -0.15) is 0 Å². The molecule has 2 unspecified atom stereocenters. The number of hydrogen-bond donors (Lipinski definition) is 0. The van der Waals surface area contributed by atoms with Crippen LogP contribution < -0.4 is 59.1 Å². The molecule has 0 spiro atoms. The zero-order chi connectivity index (χ0) is 23.2. The van der Waals surface area contributed by atoms with Gasteiger partial charge in [-0.15, -0.1) is 0 Å². The van der Waals surface area contributed by atoms with Gasteiger partial charge in [0, 0.05) is 19.6 Å². The van der Waals surface area contributed by atoms with E-state index in [-0.39, 0.29) is 79.9 Å². The van der Waals surface area contributed by atoms with Crippen LogP contribution in [-0.4, -0.2) is 28.5 Å². The predicted molar refractivity (Wildman–Crippen MR) is 145 cm³/mol. The van der Waals surface area contributed by atoms with Gasteiger partial charge in [0.2, 0.25) is 0 Å². The van der Waals surface area contributed by atoms with Crippen molar-refractivity contribution in [3.05, 3.63) is 97.1 Å². The average Bonchev–Trinajstić information content (AvgIpc) is 2.84. The number of benzene rings is 4. The molecule has 37 heavy (non-hydrogen) atoms. The van der Waals surface area contributed by atoms with E-state index in [1.165, 1.54) is 31.4 Å². The molecular formula is C24H20Na2O6S5. The Labute approximate surface area is 276 Å². The second-order valence-corrected chi connectivity index (χ2v) is 12.5. The molecule has 0 amide bonds. The Morgan fingerprint density at radius 3 is 1.86 bits per heavy atom. The Balaban J connectivity index is 0.00000324. The topological polar surface area (TPSA) is 143 Å². The predicted octanol–water partition coefficient (Wildman–Crippen LogP) is -0.697. The molecule has 4 rings (SSSR count). The van der Waals surface area contributed by atoms with Gasteiger partial charge in [-0.3, -0.25) is 8.42 Å². The van der Waals surface area contributed by atoms with Crippen LogP contribution >= 0.6 is 31.4 Å². The molecule has 6 nitrogen and oxygen atoms in total. The summed E-state index contributed by atoms with van der Waals surface area (Å²) in [5.41, 5.74) is 2.96. The van der Waals surface area contributed by atoms with Crippen molar-refractivity contribution in [3.63, 3.8) is 0 Å². The van der Waals surface area contributed by atoms with E-state index in [4.69, 9.17) is 0 Å². The Kier molecular flexibility index (Phi) is 18.5. The van der Waals surface area contributed by atoms with Gasteiger partial charge >= 0.3 is 59.1 Å². The van der Waals surface area contributed by atoms with Crippen LogP contribution in [0.4, 0.5) is 0 Å². The summed E-state index contributed by atoms with van der Waals surface area (Å²) in [6, 6.07) is 29.4. The first-order chi connectivity index (χ1) is 16.0. The van der Waals surface area contributed by atoms with Gasteiger partial charge in [0.15, 0.2) is 0 Å². The minimum Gasteiger partial charge on any atom is -0.768 e. The summed E-state index contributed by atoms with van der Waals surface area (Å²) in [6.07, 6.45) is 0. The van der Waals surface area contributed by atoms with Crippen molar-refractivity contribution in [2.24, 2.45) is 0 Å². The molecule has 0 saturated carbocycles. The molecule has 0 aliphatic heterocycles. The van der Waals surface area contributed by atoms with E-state index in [0.717, 1.165) is 16.0 Å². The summed E-state index contributed by atoms with van der Waals surface area (Å²) in [7, 11) is 4.31. The first-order valence-corrected chi connectivity index (χ1v) is 15.3. The summed E-state index contributed by atoms with van der Waals surface area (Å²) in [6.45, 7) is 0. The molecule has 13 heteroatoms. The summed E-state index contributed by atoms with van der Waals surface area (Å²) < 4.78 is 47.2. The van der Waals surface area contributed by atoms with Crippen molar-refractivity contribution in [2.45, 2.75) is 19.6 Å². The summed E-state index contributed by atoms with van der Waals surface area (Å²) >= 11 is -4.72. The molecule has 0 heterocycles. The molecule has 184 valence electrons. The van der Waals surface area contributed by atoms with Crippen molar-refractivity contribution >= 4 is 53.6 Å². The molecule has 0 bridgehead atoms. The van der Waals surface area contributed by atoms with Crippen LogP contribution in [0.25, 0.3) is 22.3 Å². The molecule has 4 N–H and O–H groups in total. The molecular weight excluding hydrogens is 591 g/mol. The van der Waals surface area contributed by atoms with Crippen LogP contribution in [0.5, 0.6) is 0 Å². The molecule has 0 aliphatic carbocycles. The molecule has 0 aromatic heterocycles. The monoisotopic (exact) mass is 610 g/mol. The Hall–Kier alpha value is 0.0700. The van der Waals surface area contributed by atoms with Gasteiger partial charge in [0.05, 0.1) is 0 Å². The summed E-state index contributed by atoms with van der Waals surface area (Å²) in [5, 5.41) is 0. The van der Waals surface area contributed by atoms with Gasteiger partial charge in [-0.05, 0) is 100 Å². The normalized spacial score (nSPS) is 11.5. The van der Waals surface area contributed by atoms with Gasteiger partial charge in [0.25, 0.3) is 0 Å². The quantitative estimate of drug-likeness (QED) is 0.146. The second-order valence-electron chi connectivity index (χ2n) is 6.73. The van der Waals surface area contributed by atoms with Crippen LogP contribution in [0.2, 0.25) is 0 Å². The average molecular weight is 611 g/mol. The van der Waals surface area contributed by atoms with E-state index >= 15 is 0 Å². The van der Waals surface area contributed by atoms with E-state index in [1.54, 1.807) is 30.3 Å². The minimum absolute atomic E-state index is 0. The summed E-state index contributed by atoms with van der Waals surface area (Å²) in [5.74, 6) is 0. The zero-order valence-corrected chi connectivity index (χ0v) is 28.0. The van der Waals surface area contributed by atoms with Crippen LogP contribution in [0.3, 0.4) is 0 Å². The van der Waals surface area contributed by atoms with Crippen LogP contribution in [0, 0.1) is 0 Å². The third-order valence-electron chi connectivity index (χ3n) is 4.70. The van der Waals surface area contributed by atoms with Crippen molar-refractivity contribution < 1.29 is 87.6 Å². The van der Waals surface area contributed by atoms with Crippen LogP contribution in [-0.2, 0) is 22.2 Å². The Morgan fingerprint density at radius 1 is 0.595 bits per heavy atom.